The lowest BCUT2D eigenvalue weighted by Crippen LogP contribution is -2.50. The van der Waals surface area contributed by atoms with E-state index in [4.69, 9.17) is 14.5 Å². The van der Waals surface area contributed by atoms with E-state index in [9.17, 15) is 9.90 Å². The Balaban J connectivity index is 1.32. The van der Waals surface area contributed by atoms with Crippen molar-refractivity contribution in [2.75, 3.05) is 19.7 Å². The monoisotopic (exact) mass is 489 g/mol. The molecule has 3 aromatic heterocycles. The predicted molar refractivity (Wildman–Crippen MR) is 136 cm³/mol. The number of hydrogen-bond donors (Lipinski definition) is 1. The zero-order chi connectivity index (χ0) is 25.5. The molecule has 0 spiro atoms. The minimum atomic E-state index is -1.04. The average molecular weight is 490 g/mol. The van der Waals surface area contributed by atoms with Crippen LogP contribution in [0.5, 0.6) is 5.75 Å². The number of aliphatic hydroxyl groups is 1. The Morgan fingerprint density at radius 1 is 1.11 bits per heavy atom. The zero-order valence-electron chi connectivity index (χ0n) is 21.1. The number of piperidine rings is 1. The maximum Gasteiger partial charge on any atom is 0.410 e. The fourth-order valence-corrected chi connectivity index (χ4v) is 4.32. The minimum Gasteiger partial charge on any atom is -0.488 e. The van der Waals surface area contributed by atoms with E-state index in [2.05, 4.69) is 10.2 Å². The van der Waals surface area contributed by atoms with Gasteiger partial charge in [0.1, 0.15) is 34.8 Å². The molecule has 5 rings (SSSR count). The first-order chi connectivity index (χ1) is 17.1. The van der Waals surface area contributed by atoms with Crippen LogP contribution >= 0.6 is 0 Å². The predicted octanol–water partition coefficient (Wildman–Crippen LogP) is 4.39. The smallest absolute Gasteiger partial charge is 0.410 e. The lowest BCUT2D eigenvalue weighted by atomic mass is 9.92. The van der Waals surface area contributed by atoms with E-state index >= 15 is 0 Å². The Morgan fingerprint density at radius 2 is 1.89 bits per heavy atom. The van der Waals surface area contributed by atoms with Gasteiger partial charge in [-0.3, -0.25) is 4.40 Å². The number of nitrogens with zero attached hydrogens (tertiary/aromatic N) is 5. The van der Waals surface area contributed by atoms with Crippen LogP contribution in [0.25, 0.3) is 28.1 Å². The van der Waals surface area contributed by atoms with Gasteiger partial charge < -0.3 is 19.5 Å². The van der Waals surface area contributed by atoms with E-state index in [1.165, 1.54) is 0 Å². The molecule has 0 unspecified atom stereocenters. The minimum absolute atomic E-state index is 0.104. The van der Waals surface area contributed by atoms with Crippen molar-refractivity contribution in [3.05, 3.63) is 54.2 Å². The van der Waals surface area contributed by atoms with Gasteiger partial charge in [-0.05, 0) is 70.4 Å². The number of aryl methyl sites for hydroxylation is 1. The molecule has 1 amide bonds. The van der Waals surface area contributed by atoms with Gasteiger partial charge >= 0.3 is 6.09 Å². The highest BCUT2D eigenvalue weighted by Gasteiger charge is 2.36. The number of likely N-dealkylation sites (tertiary alicyclic amines) is 1. The van der Waals surface area contributed by atoms with Gasteiger partial charge in [-0.2, -0.15) is 0 Å². The Kier molecular flexibility index (Phi) is 6.04. The second-order valence-electron chi connectivity index (χ2n) is 10.5. The summed E-state index contributed by atoms with van der Waals surface area (Å²) in [6.45, 7) is 8.46. The van der Waals surface area contributed by atoms with Crippen molar-refractivity contribution < 1.29 is 19.4 Å². The number of amides is 1. The molecule has 4 heterocycles. The molecule has 1 aromatic carbocycles. The molecule has 4 aromatic rings. The fraction of sp³-hybridized carbons (Fsp3) is 0.407. The van der Waals surface area contributed by atoms with Crippen molar-refractivity contribution in [1.82, 2.24) is 24.5 Å². The Labute approximate surface area is 209 Å². The highest BCUT2D eigenvalue weighted by atomic mass is 16.6. The molecule has 0 bridgehead atoms. The molecule has 1 N–H and O–H groups in total. The number of ether oxygens (including phenoxy) is 2. The summed E-state index contributed by atoms with van der Waals surface area (Å²) < 4.78 is 13.5. The Hall–Kier alpha value is -3.72. The topological polar surface area (TPSA) is 102 Å². The van der Waals surface area contributed by atoms with E-state index < -0.39 is 11.2 Å². The molecule has 9 heteroatoms. The summed E-state index contributed by atoms with van der Waals surface area (Å²) in [5.74, 6) is 1.23. The second-order valence-corrected chi connectivity index (χ2v) is 10.5. The lowest BCUT2D eigenvalue weighted by Gasteiger charge is -2.38. The second kappa shape index (κ2) is 9.05. The number of para-hydroxylation sites is 1. The molecule has 9 nitrogen and oxygen atoms in total. The highest BCUT2D eigenvalue weighted by Crippen LogP contribution is 2.30. The van der Waals surface area contributed by atoms with Crippen molar-refractivity contribution in [2.24, 2.45) is 0 Å². The maximum absolute atomic E-state index is 12.3. The summed E-state index contributed by atoms with van der Waals surface area (Å²) in [6, 6.07) is 13.6. The molecular weight excluding hydrogens is 458 g/mol. The van der Waals surface area contributed by atoms with Crippen LogP contribution in [0.4, 0.5) is 4.79 Å². The number of aromatic nitrogens is 4. The van der Waals surface area contributed by atoms with Crippen LogP contribution in [0.2, 0.25) is 0 Å². The molecule has 0 atom stereocenters. The van der Waals surface area contributed by atoms with Gasteiger partial charge in [0, 0.05) is 24.7 Å². The number of carbonyl (C=O) groups is 1. The molecule has 1 aliphatic heterocycles. The molecule has 1 aliphatic rings. The average Bonchev–Trinajstić information content (AvgIpc) is 3.25. The number of hydrogen-bond acceptors (Lipinski definition) is 7. The van der Waals surface area contributed by atoms with Crippen molar-refractivity contribution in [3.63, 3.8) is 0 Å². The lowest BCUT2D eigenvalue weighted by molar-refractivity contribution is -0.0559. The molecular formula is C27H31N5O4. The first-order valence-electron chi connectivity index (χ1n) is 12.1. The molecule has 36 heavy (non-hydrogen) atoms. The summed E-state index contributed by atoms with van der Waals surface area (Å²) in [5.41, 5.74) is 1.65. The number of rotatable bonds is 4. The van der Waals surface area contributed by atoms with Crippen LogP contribution in [0.1, 0.15) is 39.2 Å². The molecule has 188 valence electrons. The fourth-order valence-electron chi connectivity index (χ4n) is 4.32. The van der Waals surface area contributed by atoms with Gasteiger partial charge in [0.15, 0.2) is 11.5 Å². The molecule has 0 saturated carbocycles. The van der Waals surface area contributed by atoms with Crippen molar-refractivity contribution in [3.8, 4) is 17.3 Å². The Bertz CT molecular complexity index is 1420. The van der Waals surface area contributed by atoms with Crippen molar-refractivity contribution >= 4 is 22.6 Å². The van der Waals surface area contributed by atoms with Crippen molar-refractivity contribution in [2.45, 2.75) is 51.7 Å². The van der Waals surface area contributed by atoms with Crippen LogP contribution in [0, 0.1) is 6.92 Å². The van der Waals surface area contributed by atoms with E-state index in [1.807, 2.05) is 80.8 Å². The van der Waals surface area contributed by atoms with Gasteiger partial charge in [-0.25, -0.2) is 9.78 Å². The Morgan fingerprint density at radius 3 is 2.64 bits per heavy atom. The van der Waals surface area contributed by atoms with E-state index in [1.54, 1.807) is 4.90 Å². The maximum atomic E-state index is 12.3. The third kappa shape index (κ3) is 4.97. The molecule has 1 saturated heterocycles. The van der Waals surface area contributed by atoms with Crippen LogP contribution in [0.3, 0.4) is 0 Å². The van der Waals surface area contributed by atoms with Crippen LogP contribution in [-0.4, -0.2) is 66.6 Å². The van der Waals surface area contributed by atoms with Crippen LogP contribution in [-0.2, 0) is 4.74 Å². The summed E-state index contributed by atoms with van der Waals surface area (Å²) in [5, 5.41) is 20.7. The van der Waals surface area contributed by atoms with Gasteiger partial charge in [0.2, 0.25) is 0 Å². The molecule has 0 aliphatic carbocycles. The van der Waals surface area contributed by atoms with Gasteiger partial charge in [0.25, 0.3) is 0 Å². The molecule has 0 radical (unpaired) electrons. The van der Waals surface area contributed by atoms with E-state index in [0.717, 1.165) is 16.6 Å². The SMILES string of the molecule is Cc1ccn2c(-c3ccc4cccc(OCC5(O)CCN(C(=O)OC(C)(C)C)CC5)c4n3)nnc2c1. The largest absolute Gasteiger partial charge is 0.488 e. The van der Waals surface area contributed by atoms with Crippen LogP contribution < -0.4 is 4.74 Å². The first kappa shape index (κ1) is 24.0. The molecule has 1 fully saturated rings. The van der Waals surface area contributed by atoms with E-state index in [-0.39, 0.29) is 12.7 Å². The third-order valence-corrected chi connectivity index (χ3v) is 6.32. The third-order valence-electron chi connectivity index (χ3n) is 6.32. The summed E-state index contributed by atoms with van der Waals surface area (Å²) in [7, 11) is 0. The standard InChI is InChI=1S/C27H31N5O4/c1-18-10-13-32-22(16-18)29-30-24(32)20-9-8-19-6-5-7-21(23(19)28-20)35-17-27(34)11-14-31(15-12-27)25(33)36-26(2,3)4/h5-10,13,16,34H,11-12,14-15,17H2,1-4H3. The first-order valence-corrected chi connectivity index (χ1v) is 12.1. The highest BCUT2D eigenvalue weighted by molar-refractivity contribution is 5.86. The van der Waals surface area contributed by atoms with Gasteiger partial charge in [-0.1, -0.05) is 18.2 Å². The number of pyridine rings is 2. The summed E-state index contributed by atoms with van der Waals surface area (Å²) in [4.78, 5) is 18.8. The quantitative estimate of drug-likeness (QED) is 0.453. The van der Waals surface area contributed by atoms with Crippen LogP contribution in [0.15, 0.2) is 48.7 Å². The number of fused-ring (bicyclic) bond motifs is 2. The van der Waals surface area contributed by atoms with E-state index in [0.29, 0.717) is 48.7 Å². The van der Waals surface area contributed by atoms with Gasteiger partial charge in [0.05, 0.1) is 0 Å². The summed E-state index contributed by atoms with van der Waals surface area (Å²) >= 11 is 0. The number of benzene rings is 1. The summed E-state index contributed by atoms with van der Waals surface area (Å²) in [6.07, 6.45) is 2.39. The normalized spacial score (nSPS) is 15.9. The zero-order valence-corrected chi connectivity index (χ0v) is 21.1. The van der Waals surface area contributed by atoms with Gasteiger partial charge in [-0.15, -0.1) is 10.2 Å². The number of carbonyl (C=O) groups excluding carboxylic acids is 1. The van der Waals surface area contributed by atoms with Crippen molar-refractivity contribution in [1.29, 1.82) is 0 Å².